The van der Waals surface area contributed by atoms with Crippen molar-refractivity contribution in [2.24, 2.45) is 0 Å². The molecular weight excluding hydrogens is 292 g/mol. The first-order chi connectivity index (χ1) is 9.47. The van der Waals surface area contributed by atoms with Crippen LogP contribution in [0.5, 0.6) is 5.75 Å². The van der Waals surface area contributed by atoms with Gasteiger partial charge in [-0.25, -0.2) is 0 Å². The van der Waals surface area contributed by atoms with Gasteiger partial charge in [0.15, 0.2) is 0 Å². The number of carbonyl (C=O) groups excluding carboxylic acids is 1. The zero-order valence-electron chi connectivity index (χ0n) is 10.3. The number of hydrogen-bond donors (Lipinski definition) is 2. The molecule has 0 radical (unpaired) electrons. The molecule has 0 spiro atoms. The molecule has 20 heavy (non-hydrogen) atoms. The Kier molecular flexibility index (Phi) is 4.19. The lowest BCUT2D eigenvalue weighted by Gasteiger charge is -2.10. The van der Waals surface area contributed by atoms with E-state index in [9.17, 15) is 13.6 Å². The van der Waals surface area contributed by atoms with Crippen molar-refractivity contribution in [1.82, 2.24) is 10.2 Å². The second-order valence-corrected chi connectivity index (χ2v) is 4.31. The van der Waals surface area contributed by atoms with Gasteiger partial charge < -0.3 is 10.1 Å². The van der Waals surface area contributed by atoms with E-state index < -0.39 is 12.5 Å². The standard InChI is InChI=1S/C12H10ClF2N3O2/c1-6-4-7(20-12(14)15)2-3-9(6)17-11(19)10-8(13)5-16-18-10/h2-5,12H,1H3,(H,16,18)(H,17,19). The number of aryl methyl sites for hydroxylation is 1. The predicted molar refractivity (Wildman–Crippen MR) is 69.4 cm³/mol. The Morgan fingerprint density at radius 3 is 2.80 bits per heavy atom. The molecule has 0 fully saturated rings. The Hall–Kier alpha value is -2.15. The van der Waals surface area contributed by atoms with E-state index in [4.69, 9.17) is 11.6 Å². The molecule has 2 aromatic rings. The number of benzene rings is 1. The number of rotatable bonds is 4. The number of amides is 1. The van der Waals surface area contributed by atoms with Gasteiger partial charge in [0, 0.05) is 5.69 Å². The molecular formula is C12H10ClF2N3O2. The summed E-state index contributed by atoms with van der Waals surface area (Å²) in [5.41, 5.74) is 1.16. The number of aromatic nitrogens is 2. The van der Waals surface area contributed by atoms with Crippen LogP contribution in [0, 0.1) is 6.92 Å². The van der Waals surface area contributed by atoms with Gasteiger partial charge in [-0.3, -0.25) is 9.89 Å². The normalized spacial score (nSPS) is 10.7. The number of aromatic amines is 1. The number of nitrogens with one attached hydrogen (secondary N) is 2. The van der Waals surface area contributed by atoms with Crippen molar-refractivity contribution >= 4 is 23.2 Å². The Morgan fingerprint density at radius 1 is 1.50 bits per heavy atom. The van der Waals surface area contributed by atoms with Crippen LogP contribution >= 0.6 is 11.6 Å². The summed E-state index contributed by atoms with van der Waals surface area (Å²) in [6.45, 7) is -1.23. The van der Waals surface area contributed by atoms with Crippen LogP contribution in [0.3, 0.4) is 0 Å². The third-order valence-corrected chi connectivity index (χ3v) is 2.78. The van der Waals surface area contributed by atoms with Crippen molar-refractivity contribution in [3.05, 3.63) is 40.7 Å². The van der Waals surface area contributed by atoms with Crippen molar-refractivity contribution in [2.75, 3.05) is 5.32 Å². The van der Waals surface area contributed by atoms with Crippen molar-refractivity contribution in [3.63, 3.8) is 0 Å². The highest BCUT2D eigenvalue weighted by atomic mass is 35.5. The fourth-order valence-corrected chi connectivity index (χ4v) is 1.74. The summed E-state index contributed by atoms with van der Waals surface area (Å²) >= 11 is 5.77. The van der Waals surface area contributed by atoms with E-state index >= 15 is 0 Å². The second-order valence-electron chi connectivity index (χ2n) is 3.90. The highest BCUT2D eigenvalue weighted by Crippen LogP contribution is 2.23. The Labute approximate surface area is 117 Å². The zero-order valence-corrected chi connectivity index (χ0v) is 11.0. The first-order valence-corrected chi connectivity index (χ1v) is 5.91. The molecule has 0 saturated heterocycles. The molecule has 1 amide bonds. The average molecular weight is 302 g/mol. The Balaban J connectivity index is 2.14. The largest absolute Gasteiger partial charge is 0.435 e. The zero-order chi connectivity index (χ0) is 14.7. The van der Waals surface area contributed by atoms with Crippen LogP contribution in [-0.4, -0.2) is 22.7 Å². The lowest BCUT2D eigenvalue weighted by Crippen LogP contribution is -2.14. The summed E-state index contributed by atoms with van der Waals surface area (Å²) in [4.78, 5) is 11.9. The Morgan fingerprint density at radius 2 is 2.25 bits per heavy atom. The van der Waals surface area contributed by atoms with E-state index in [1.807, 2.05) is 0 Å². The van der Waals surface area contributed by atoms with Crippen LogP contribution in [0.2, 0.25) is 5.02 Å². The van der Waals surface area contributed by atoms with Gasteiger partial charge >= 0.3 is 6.61 Å². The van der Waals surface area contributed by atoms with Crippen molar-refractivity contribution in [2.45, 2.75) is 13.5 Å². The van der Waals surface area contributed by atoms with Gasteiger partial charge in [0.25, 0.3) is 5.91 Å². The number of hydrogen-bond acceptors (Lipinski definition) is 3. The molecule has 0 aliphatic heterocycles. The van der Waals surface area contributed by atoms with Crippen LogP contribution in [-0.2, 0) is 0 Å². The number of H-pyrrole nitrogens is 1. The molecule has 0 aliphatic rings. The third-order valence-electron chi connectivity index (χ3n) is 2.49. The van der Waals surface area contributed by atoms with Gasteiger partial charge in [0.05, 0.1) is 11.2 Å². The van der Waals surface area contributed by atoms with E-state index in [-0.39, 0.29) is 16.5 Å². The molecule has 106 valence electrons. The molecule has 0 aliphatic carbocycles. The lowest BCUT2D eigenvalue weighted by molar-refractivity contribution is -0.0498. The van der Waals surface area contributed by atoms with Gasteiger partial charge in [-0.15, -0.1) is 0 Å². The monoisotopic (exact) mass is 301 g/mol. The molecule has 0 atom stereocenters. The molecule has 0 saturated carbocycles. The van der Waals surface area contributed by atoms with Gasteiger partial charge in [0.2, 0.25) is 0 Å². The lowest BCUT2D eigenvalue weighted by atomic mass is 10.2. The maximum absolute atomic E-state index is 12.1. The minimum atomic E-state index is -2.89. The van der Waals surface area contributed by atoms with E-state index in [2.05, 4.69) is 20.3 Å². The van der Waals surface area contributed by atoms with Gasteiger partial charge in [-0.05, 0) is 30.7 Å². The summed E-state index contributed by atoms with van der Waals surface area (Å²) in [6, 6.07) is 4.20. The minimum absolute atomic E-state index is 0.0232. The Bertz CT molecular complexity index is 631. The predicted octanol–water partition coefficient (Wildman–Crippen LogP) is 3.23. The molecule has 0 unspecified atom stereocenters. The van der Waals surface area contributed by atoms with E-state index in [0.717, 1.165) is 0 Å². The maximum Gasteiger partial charge on any atom is 0.387 e. The molecule has 2 rings (SSSR count). The van der Waals surface area contributed by atoms with Crippen molar-refractivity contribution < 1.29 is 18.3 Å². The molecule has 1 aromatic carbocycles. The van der Waals surface area contributed by atoms with Gasteiger partial charge in [-0.2, -0.15) is 13.9 Å². The first kappa shape index (κ1) is 14.3. The van der Waals surface area contributed by atoms with Crippen LogP contribution < -0.4 is 10.1 Å². The number of alkyl halides is 2. The molecule has 0 bridgehead atoms. The summed E-state index contributed by atoms with van der Waals surface area (Å²) < 4.78 is 28.4. The third kappa shape index (κ3) is 3.24. The SMILES string of the molecule is Cc1cc(OC(F)F)ccc1NC(=O)c1[nH]ncc1Cl. The molecule has 8 heteroatoms. The molecule has 2 N–H and O–H groups in total. The minimum Gasteiger partial charge on any atom is -0.435 e. The number of carbonyl (C=O) groups is 1. The van der Waals surface area contributed by atoms with Crippen molar-refractivity contribution in [3.8, 4) is 5.75 Å². The summed E-state index contributed by atoms with van der Waals surface area (Å²) in [5.74, 6) is -0.451. The molecule has 5 nitrogen and oxygen atoms in total. The van der Waals surface area contributed by atoms with Crippen LogP contribution in [0.1, 0.15) is 16.1 Å². The van der Waals surface area contributed by atoms with Crippen LogP contribution in [0.4, 0.5) is 14.5 Å². The topological polar surface area (TPSA) is 67.0 Å². The summed E-state index contributed by atoms with van der Waals surface area (Å²) in [6.07, 6.45) is 1.31. The van der Waals surface area contributed by atoms with Crippen LogP contribution in [0.25, 0.3) is 0 Å². The summed E-state index contributed by atoms with van der Waals surface area (Å²) in [5, 5.41) is 8.89. The number of nitrogens with zero attached hydrogens (tertiary/aromatic N) is 1. The van der Waals surface area contributed by atoms with Gasteiger partial charge in [-0.1, -0.05) is 11.6 Å². The van der Waals surface area contributed by atoms with E-state index in [0.29, 0.717) is 11.3 Å². The first-order valence-electron chi connectivity index (χ1n) is 5.53. The highest BCUT2D eigenvalue weighted by molar-refractivity contribution is 6.34. The van der Waals surface area contributed by atoms with Crippen LogP contribution in [0.15, 0.2) is 24.4 Å². The quantitative estimate of drug-likeness (QED) is 0.911. The smallest absolute Gasteiger partial charge is 0.387 e. The highest BCUT2D eigenvalue weighted by Gasteiger charge is 2.14. The fraction of sp³-hybridized carbons (Fsp3) is 0.167. The summed E-state index contributed by atoms with van der Waals surface area (Å²) in [7, 11) is 0. The number of anilines is 1. The van der Waals surface area contributed by atoms with Crippen molar-refractivity contribution in [1.29, 1.82) is 0 Å². The van der Waals surface area contributed by atoms with Gasteiger partial charge in [0.1, 0.15) is 11.4 Å². The fourth-order valence-electron chi connectivity index (χ4n) is 1.57. The average Bonchev–Trinajstić information content (AvgIpc) is 2.78. The maximum atomic E-state index is 12.1. The number of ether oxygens (including phenoxy) is 1. The molecule has 1 aromatic heterocycles. The van der Waals surface area contributed by atoms with E-state index in [1.54, 1.807) is 6.92 Å². The number of halogens is 3. The van der Waals surface area contributed by atoms with E-state index in [1.165, 1.54) is 24.4 Å². The molecule has 1 heterocycles. The second kappa shape index (κ2) is 5.87.